The van der Waals surface area contributed by atoms with E-state index >= 15 is 0 Å². The zero-order chi connectivity index (χ0) is 31.6. The molecule has 3 N–H and O–H groups in total. The Labute approximate surface area is 275 Å². The summed E-state index contributed by atoms with van der Waals surface area (Å²) in [6.45, 7) is 5.85. The number of amides is 1. The minimum absolute atomic E-state index is 0.226. The molecule has 44 heavy (non-hydrogen) atoms. The summed E-state index contributed by atoms with van der Waals surface area (Å²) in [6.07, 6.45) is 1.51. The highest BCUT2D eigenvalue weighted by Crippen LogP contribution is 2.35. The smallest absolute Gasteiger partial charge is 0.338 e. The number of hydrazone groups is 1. The number of halogens is 1. The fourth-order valence-electron chi connectivity index (χ4n) is 4.52. The van der Waals surface area contributed by atoms with Gasteiger partial charge in [0.05, 0.1) is 35.1 Å². The number of hydrogen-bond acceptors (Lipinski definition) is 8. The number of ether oxygens (including phenoxy) is 4. The van der Waals surface area contributed by atoms with E-state index in [9.17, 15) is 9.59 Å². The number of carbonyl (C=O) groups excluding carboxylic acids is 2. The molecule has 1 atom stereocenters. The maximum Gasteiger partial charge on any atom is 0.338 e. The molecule has 1 aliphatic heterocycles. The Hall–Kier alpha value is -4.17. The molecule has 1 amide bonds. The van der Waals surface area contributed by atoms with Gasteiger partial charge in [0, 0.05) is 11.3 Å². The Morgan fingerprint density at radius 1 is 1.07 bits per heavy atom. The first-order valence-corrected chi connectivity index (χ1v) is 15.2. The van der Waals surface area contributed by atoms with Gasteiger partial charge in [-0.15, -0.1) is 0 Å². The Morgan fingerprint density at radius 3 is 2.61 bits per heavy atom. The summed E-state index contributed by atoms with van der Waals surface area (Å²) in [6, 6.07) is 18.3. The number of thiocarbonyl (C=S) groups is 1. The molecule has 1 aliphatic rings. The quantitative estimate of drug-likeness (QED) is 0.0773. The molecular weight excluding hydrogens is 695 g/mol. The van der Waals surface area contributed by atoms with Crippen LogP contribution < -0.4 is 30.3 Å². The highest BCUT2D eigenvalue weighted by Gasteiger charge is 2.32. The number of carbonyl (C=O) groups is 2. The van der Waals surface area contributed by atoms with Crippen LogP contribution >= 0.6 is 34.8 Å². The lowest BCUT2D eigenvalue weighted by molar-refractivity contribution is -0.139. The van der Waals surface area contributed by atoms with E-state index in [0.717, 1.165) is 14.7 Å². The number of methoxy groups -OCH3 is 1. The van der Waals surface area contributed by atoms with Crippen molar-refractivity contribution < 1.29 is 28.5 Å². The van der Waals surface area contributed by atoms with Crippen molar-refractivity contribution in [2.75, 3.05) is 20.3 Å². The van der Waals surface area contributed by atoms with Crippen molar-refractivity contribution in [1.82, 2.24) is 16.1 Å². The van der Waals surface area contributed by atoms with Gasteiger partial charge in [-0.2, -0.15) is 5.10 Å². The van der Waals surface area contributed by atoms with E-state index in [1.165, 1.54) is 6.21 Å². The number of benzene rings is 3. The highest BCUT2D eigenvalue weighted by atomic mass is 127. The molecule has 1 heterocycles. The second kappa shape index (κ2) is 15.5. The van der Waals surface area contributed by atoms with Crippen molar-refractivity contribution in [2.45, 2.75) is 33.4 Å². The van der Waals surface area contributed by atoms with E-state index in [-0.39, 0.29) is 13.2 Å². The number of hydrogen-bond donors (Lipinski definition) is 3. The van der Waals surface area contributed by atoms with Gasteiger partial charge in [0.25, 0.3) is 5.91 Å². The van der Waals surface area contributed by atoms with Crippen LogP contribution in [-0.2, 0) is 20.9 Å². The van der Waals surface area contributed by atoms with Crippen LogP contribution in [0.5, 0.6) is 17.2 Å². The first-order chi connectivity index (χ1) is 21.2. The monoisotopic (exact) mass is 728 g/mol. The van der Waals surface area contributed by atoms with Crippen LogP contribution in [0.1, 0.15) is 42.1 Å². The number of para-hydroxylation sites is 1. The molecule has 0 fully saturated rings. The predicted molar refractivity (Wildman–Crippen MR) is 180 cm³/mol. The van der Waals surface area contributed by atoms with Gasteiger partial charge in [-0.3, -0.25) is 4.79 Å². The van der Waals surface area contributed by atoms with E-state index in [0.29, 0.717) is 51.4 Å². The third kappa shape index (κ3) is 8.47. The van der Waals surface area contributed by atoms with Gasteiger partial charge in [-0.05, 0) is 84.9 Å². The Balaban J connectivity index is 1.40. The molecule has 3 aromatic rings. The topological polar surface area (TPSA) is 120 Å². The van der Waals surface area contributed by atoms with Crippen LogP contribution in [0.15, 0.2) is 77.0 Å². The fraction of sp³-hybridized carbons (Fsp3) is 0.250. The summed E-state index contributed by atoms with van der Waals surface area (Å²) in [5, 5.41) is 10.5. The Bertz CT molecular complexity index is 1610. The summed E-state index contributed by atoms with van der Waals surface area (Å²) >= 11 is 7.51. The molecule has 4 rings (SSSR count). The van der Waals surface area contributed by atoms with Crippen molar-refractivity contribution in [3.8, 4) is 17.2 Å². The number of rotatable bonds is 12. The van der Waals surface area contributed by atoms with Gasteiger partial charge < -0.3 is 29.6 Å². The van der Waals surface area contributed by atoms with Gasteiger partial charge in [-0.1, -0.05) is 48.0 Å². The van der Waals surface area contributed by atoms with Gasteiger partial charge in [0.15, 0.2) is 23.2 Å². The number of nitrogens with one attached hydrogen (secondary N) is 3. The van der Waals surface area contributed by atoms with Crippen LogP contribution in [0.25, 0.3) is 0 Å². The SMILES string of the molecule is CCOC(=O)C1=C(C)NC(=S)N[C@@H]1c1ccccc1OCC(=O)NN=Cc1cc(I)c(OCc2cccc(C)c2)c(OC)c1. The largest absolute Gasteiger partial charge is 0.493 e. The Kier molecular flexibility index (Phi) is 11.6. The summed E-state index contributed by atoms with van der Waals surface area (Å²) in [4.78, 5) is 25.4. The van der Waals surface area contributed by atoms with E-state index in [1.807, 2.05) is 37.3 Å². The van der Waals surface area contributed by atoms with Crippen molar-refractivity contribution in [2.24, 2.45) is 5.10 Å². The van der Waals surface area contributed by atoms with Gasteiger partial charge >= 0.3 is 5.97 Å². The normalized spacial score (nSPS) is 14.5. The zero-order valence-electron chi connectivity index (χ0n) is 24.7. The van der Waals surface area contributed by atoms with Crippen LogP contribution in [-0.4, -0.2) is 43.5 Å². The molecule has 230 valence electrons. The number of aryl methyl sites for hydroxylation is 1. The number of allylic oxidation sites excluding steroid dienone is 1. The van der Waals surface area contributed by atoms with E-state index in [2.05, 4.69) is 49.8 Å². The summed E-state index contributed by atoms with van der Waals surface area (Å²) in [5.41, 5.74) is 7.00. The van der Waals surface area contributed by atoms with E-state index in [1.54, 1.807) is 45.2 Å². The average molecular weight is 729 g/mol. The number of nitrogens with zero attached hydrogens (tertiary/aromatic N) is 1. The van der Waals surface area contributed by atoms with E-state index in [4.69, 9.17) is 31.2 Å². The molecule has 0 saturated carbocycles. The maximum absolute atomic E-state index is 12.8. The fourth-order valence-corrected chi connectivity index (χ4v) is 5.58. The molecule has 0 radical (unpaired) electrons. The average Bonchev–Trinajstić information content (AvgIpc) is 2.99. The molecule has 3 aromatic carbocycles. The van der Waals surface area contributed by atoms with Crippen molar-refractivity contribution in [1.29, 1.82) is 0 Å². The van der Waals surface area contributed by atoms with Gasteiger partial charge in [0.1, 0.15) is 12.4 Å². The number of esters is 1. The third-order valence-electron chi connectivity index (χ3n) is 6.47. The Morgan fingerprint density at radius 2 is 1.86 bits per heavy atom. The standard InChI is InChI=1S/C32H33IN4O6S/c1-5-41-31(39)28-20(3)35-32(44)36-29(28)23-11-6-7-12-25(23)42-18-27(38)37-34-16-22-14-24(33)30(26(15-22)40-4)43-17-21-10-8-9-19(2)13-21/h6-16,29H,5,17-18H2,1-4H3,(H,37,38)(H2,35,36,44)/t29-/m1/s1. The molecule has 12 heteroatoms. The second-order valence-corrected chi connectivity index (χ2v) is 11.3. The predicted octanol–water partition coefficient (Wildman–Crippen LogP) is 5.07. The third-order valence-corrected chi connectivity index (χ3v) is 7.49. The molecule has 0 saturated heterocycles. The molecule has 0 aromatic heterocycles. The molecular formula is C32H33IN4O6S. The first kappa shape index (κ1) is 32.7. The van der Waals surface area contributed by atoms with Crippen LogP contribution in [0.2, 0.25) is 0 Å². The molecule has 0 unspecified atom stereocenters. The first-order valence-electron chi connectivity index (χ1n) is 13.7. The summed E-state index contributed by atoms with van der Waals surface area (Å²) < 4.78 is 23.6. The van der Waals surface area contributed by atoms with Crippen molar-refractivity contribution >= 4 is 58.0 Å². The molecule has 0 aliphatic carbocycles. The zero-order valence-corrected chi connectivity index (χ0v) is 27.7. The maximum atomic E-state index is 12.8. The van der Waals surface area contributed by atoms with Crippen molar-refractivity contribution in [3.05, 3.63) is 97.8 Å². The van der Waals surface area contributed by atoms with Crippen LogP contribution in [0, 0.1) is 10.5 Å². The lowest BCUT2D eigenvalue weighted by atomic mass is 9.95. The van der Waals surface area contributed by atoms with Crippen LogP contribution in [0.4, 0.5) is 0 Å². The molecule has 10 nitrogen and oxygen atoms in total. The highest BCUT2D eigenvalue weighted by molar-refractivity contribution is 14.1. The minimum Gasteiger partial charge on any atom is -0.493 e. The van der Waals surface area contributed by atoms with Crippen LogP contribution in [0.3, 0.4) is 0 Å². The summed E-state index contributed by atoms with van der Waals surface area (Å²) in [7, 11) is 1.57. The lowest BCUT2D eigenvalue weighted by Gasteiger charge is -2.30. The van der Waals surface area contributed by atoms with Crippen molar-refractivity contribution in [3.63, 3.8) is 0 Å². The van der Waals surface area contributed by atoms with Gasteiger partial charge in [-0.25, -0.2) is 10.2 Å². The second-order valence-electron chi connectivity index (χ2n) is 9.72. The lowest BCUT2D eigenvalue weighted by Crippen LogP contribution is -2.45. The van der Waals surface area contributed by atoms with E-state index < -0.39 is 17.9 Å². The van der Waals surface area contributed by atoms with Gasteiger partial charge in [0.2, 0.25) is 0 Å². The molecule has 0 spiro atoms. The molecule has 0 bridgehead atoms. The summed E-state index contributed by atoms with van der Waals surface area (Å²) in [5.74, 6) is 0.639. The minimum atomic E-state index is -0.624.